The van der Waals surface area contributed by atoms with E-state index in [0.29, 0.717) is 4.90 Å². The van der Waals surface area contributed by atoms with Crippen LogP contribution >= 0.6 is 21.7 Å². The second-order valence-electron chi connectivity index (χ2n) is 1.70. The van der Waals surface area contributed by atoms with E-state index < -0.39 is 0 Å². The third kappa shape index (κ3) is 1.30. The van der Waals surface area contributed by atoms with Crippen molar-refractivity contribution in [3.63, 3.8) is 0 Å². The normalized spacial score (nSPS) is 9.70. The molecular weight excluding hydrogens is 172 g/mol. The van der Waals surface area contributed by atoms with Gasteiger partial charge >= 0.3 is 0 Å². The van der Waals surface area contributed by atoms with Crippen LogP contribution in [0.1, 0.15) is 0 Å². The molecule has 0 aliphatic rings. The molecule has 0 spiro atoms. The number of rotatable bonds is 1. The third-order valence-corrected chi connectivity index (χ3v) is 2.09. The molecule has 2 nitrogen and oxygen atoms in total. The lowest BCUT2D eigenvalue weighted by molar-refractivity contribution is 0.428. The molecule has 2 N–H and O–H groups in total. The largest absolute Gasteiger partial charge is 0.507 e. The summed E-state index contributed by atoms with van der Waals surface area (Å²) in [7, 11) is 6.13. The van der Waals surface area contributed by atoms with Crippen LogP contribution in [0.4, 0.5) is 0 Å². The van der Waals surface area contributed by atoms with E-state index in [0.717, 1.165) is 11.0 Å². The molecule has 0 aromatic heterocycles. The van der Waals surface area contributed by atoms with E-state index in [1.165, 1.54) is 12.1 Å². The molecule has 0 amide bonds. The van der Waals surface area contributed by atoms with Crippen molar-refractivity contribution in [3.8, 4) is 11.5 Å². The zero-order valence-electron chi connectivity index (χ0n) is 4.91. The first kappa shape index (κ1) is 7.57. The van der Waals surface area contributed by atoms with E-state index in [-0.39, 0.29) is 11.5 Å². The van der Waals surface area contributed by atoms with Crippen molar-refractivity contribution >= 4 is 21.7 Å². The van der Waals surface area contributed by atoms with Crippen molar-refractivity contribution in [2.75, 3.05) is 0 Å². The van der Waals surface area contributed by atoms with Crippen molar-refractivity contribution in [1.29, 1.82) is 0 Å². The van der Waals surface area contributed by atoms with E-state index >= 15 is 0 Å². The minimum atomic E-state index is 0.000000000000000222. The minimum absolute atomic E-state index is 0.000000000000000222. The van der Waals surface area contributed by atoms with Gasteiger partial charge < -0.3 is 10.2 Å². The topological polar surface area (TPSA) is 40.5 Å². The zero-order chi connectivity index (χ0) is 7.56. The molecule has 1 aromatic rings. The summed E-state index contributed by atoms with van der Waals surface area (Å²) in [5.74, 6) is 0.000000000000000666. The Morgan fingerprint density at radius 3 is 2.00 bits per heavy atom. The maximum Gasteiger partial charge on any atom is 0.134 e. The van der Waals surface area contributed by atoms with Crippen molar-refractivity contribution in [3.05, 3.63) is 18.2 Å². The van der Waals surface area contributed by atoms with Gasteiger partial charge in [-0.05, 0) is 33.8 Å². The highest BCUT2D eigenvalue weighted by Gasteiger charge is 2.04. The van der Waals surface area contributed by atoms with E-state index in [1.54, 1.807) is 6.07 Å². The lowest BCUT2D eigenvalue weighted by atomic mass is 10.3. The maximum absolute atomic E-state index is 9.03. The Morgan fingerprint density at radius 2 is 1.70 bits per heavy atom. The molecule has 0 heterocycles. The molecule has 0 radical (unpaired) electrons. The average molecular weight is 177 g/mol. The summed E-state index contributed by atoms with van der Waals surface area (Å²) < 4.78 is 0. The number of halogens is 1. The van der Waals surface area contributed by atoms with Crippen LogP contribution < -0.4 is 0 Å². The van der Waals surface area contributed by atoms with Gasteiger partial charge in [-0.2, -0.15) is 0 Å². The van der Waals surface area contributed by atoms with Crippen molar-refractivity contribution < 1.29 is 10.2 Å². The monoisotopic (exact) mass is 176 g/mol. The molecule has 0 saturated heterocycles. The Labute approximate surface area is 67.0 Å². The van der Waals surface area contributed by atoms with Gasteiger partial charge in [0.15, 0.2) is 0 Å². The average Bonchev–Trinajstić information content (AvgIpc) is 1.88. The number of aromatic hydroxyl groups is 2. The van der Waals surface area contributed by atoms with Crippen LogP contribution in [-0.4, -0.2) is 10.2 Å². The van der Waals surface area contributed by atoms with Crippen molar-refractivity contribution in [2.45, 2.75) is 4.90 Å². The Balaban J connectivity index is 3.17. The van der Waals surface area contributed by atoms with Crippen LogP contribution in [0.5, 0.6) is 11.5 Å². The Kier molecular flexibility index (Phi) is 2.29. The summed E-state index contributed by atoms with van der Waals surface area (Å²) in [6, 6.07) is 4.47. The minimum Gasteiger partial charge on any atom is -0.507 e. The number of benzene rings is 1. The second-order valence-corrected chi connectivity index (χ2v) is 2.73. The highest BCUT2D eigenvalue weighted by atomic mass is 35.7. The first-order chi connectivity index (χ1) is 4.75. The van der Waals surface area contributed by atoms with Gasteiger partial charge in [-0.15, -0.1) is 0 Å². The summed E-state index contributed by atoms with van der Waals surface area (Å²) in [5, 5.41) is 18.1. The summed E-state index contributed by atoms with van der Waals surface area (Å²) in [6.45, 7) is 0. The van der Waals surface area contributed by atoms with Crippen LogP contribution in [0.3, 0.4) is 0 Å². The molecule has 0 unspecified atom stereocenters. The predicted molar refractivity (Wildman–Crippen MR) is 41.5 cm³/mol. The van der Waals surface area contributed by atoms with Crippen LogP contribution in [0.25, 0.3) is 0 Å². The standard InChI is InChI=1S/C6H5ClO2S/c7-10-6-4(8)2-1-3-5(6)9/h1-3,8-9H. The molecule has 1 aromatic carbocycles. The third-order valence-electron chi connectivity index (χ3n) is 1.05. The van der Waals surface area contributed by atoms with Gasteiger partial charge in [0.2, 0.25) is 0 Å². The number of hydrogen-bond acceptors (Lipinski definition) is 3. The highest BCUT2D eigenvalue weighted by Crippen LogP contribution is 2.37. The first-order valence-electron chi connectivity index (χ1n) is 2.55. The summed E-state index contributed by atoms with van der Waals surface area (Å²) >= 11 is 0. The number of hydrogen-bond donors (Lipinski definition) is 2. The van der Waals surface area contributed by atoms with Gasteiger partial charge in [-0.1, -0.05) is 6.07 Å². The summed E-state index contributed by atoms with van der Waals surface area (Å²) in [5.41, 5.74) is 0. The fraction of sp³-hybridized carbons (Fsp3) is 0. The van der Waals surface area contributed by atoms with E-state index in [2.05, 4.69) is 0 Å². The van der Waals surface area contributed by atoms with Gasteiger partial charge in [0.1, 0.15) is 16.4 Å². The Bertz CT molecular complexity index is 219. The van der Waals surface area contributed by atoms with E-state index in [9.17, 15) is 0 Å². The van der Waals surface area contributed by atoms with Crippen molar-refractivity contribution in [2.24, 2.45) is 0 Å². The molecule has 10 heavy (non-hydrogen) atoms. The molecule has 54 valence electrons. The zero-order valence-corrected chi connectivity index (χ0v) is 6.49. The Morgan fingerprint density at radius 1 is 1.20 bits per heavy atom. The molecule has 0 bridgehead atoms. The molecular formula is C6H5ClO2S. The van der Waals surface area contributed by atoms with Crippen LogP contribution in [-0.2, 0) is 0 Å². The molecule has 1 rings (SSSR count). The smallest absolute Gasteiger partial charge is 0.134 e. The van der Waals surface area contributed by atoms with Crippen LogP contribution in [0.15, 0.2) is 23.1 Å². The number of phenolic OH excluding ortho intramolecular Hbond substituents is 2. The molecule has 0 saturated carbocycles. The van der Waals surface area contributed by atoms with Gasteiger partial charge in [0.05, 0.1) is 0 Å². The van der Waals surface area contributed by atoms with E-state index in [1.807, 2.05) is 0 Å². The number of phenols is 2. The second kappa shape index (κ2) is 3.03. The predicted octanol–water partition coefficient (Wildman–Crippen LogP) is 2.34. The fourth-order valence-corrected chi connectivity index (χ4v) is 1.36. The first-order valence-corrected chi connectivity index (χ1v) is 4.19. The van der Waals surface area contributed by atoms with Crippen LogP contribution in [0.2, 0.25) is 0 Å². The fourth-order valence-electron chi connectivity index (χ4n) is 0.592. The highest BCUT2D eigenvalue weighted by molar-refractivity contribution is 8.21. The Hall–Kier alpha value is -0.540. The molecule has 0 fully saturated rings. The van der Waals surface area contributed by atoms with E-state index in [4.69, 9.17) is 20.9 Å². The van der Waals surface area contributed by atoms with Crippen LogP contribution in [0, 0.1) is 0 Å². The maximum atomic E-state index is 9.03. The SMILES string of the molecule is Oc1cccc(O)c1SCl. The molecule has 0 aliphatic carbocycles. The quantitative estimate of drug-likeness (QED) is 0.690. The summed E-state index contributed by atoms with van der Waals surface area (Å²) in [4.78, 5) is 0.296. The lowest BCUT2D eigenvalue weighted by Gasteiger charge is -1.99. The molecule has 0 aliphatic heterocycles. The van der Waals surface area contributed by atoms with Gasteiger partial charge in [0.25, 0.3) is 0 Å². The molecule has 4 heteroatoms. The van der Waals surface area contributed by atoms with Gasteiger partial charge in [-0.3, -0.25) is 0 Å². The van der Waals surface area contributed by atoms with Gasteiger partial charge in [-0.25, -0.2) is 0 Å². The van der Waals surface area contributed by atoms with Gasteiger partial charge in [0, 0.05) is 0 Å². The lowest BCUT2D eigenvalue weighted by Crippen LogP contribution is -1.71. The van der Waals surface area contributed by atoms with Crippen molar-refractivity contribution in [1.82, 2.24) is 0 Å². The molecule has 0 atom stereocenters. The summed E-state index contributed by atoms with van der Waals surface area (Å²) in [6.07, 6.45) is 0.